The number of pyridine rings is 1. The van der Waals surface area contributed by atoms with Crippen molar-refractivity contribution in [3.8, 4) is 17.2 Å². The van der Waals surface area contributed by atoms with Crippen molar-refractivity contribution in [3.05, 3.63) is 65.6 Å². The zero-order valence-electron chi connectivity index (χ0n) is 29.3. The maximum Gasteiger partial charge on any atom is 0.257 e. The van der Waals surface area contributed by atoms with Gasteiger partial charge < -0.3 is 28.9 Å². The monoisotopic (exact) mass is 675 g/mol. The minimum absolute atomic E-state index is 0.0445. The van der Waals surface area contributed by atoms with Gasteiger partial charge in [0.2, 0.25) is 0 Å². The number of hydrogen-bond acceptors (Lipinski definition) is 10. The van der Waals surface area contributed by atoms with Crippen LogP contribution in [0.15, 0.2) is 43.0 Å². The quantitative estimate of drug-likeness (QED) is 0.241. The van der Waals surface area contributed by atoms with E-state index in [-0.39, 0.29) is 35.5 Å². The first-order valence-electron chi connectivity index (χ1n) is 17.8. The second-order valence-electron chi connectivity index (χ2n) is 13.5. The van der Waals surface area contributed by atoms with Gasteiger partial charge in [0, 0.05) is 95.7 Å². The number of methoxy groups -OCH3 is 1. The molecule has 0 bridgehead atoms. The van der Waals surface area contributed by atoms with Gasteiger partial charge in [0.15, 0.2) is 11.6 Å². The van der Waals surface area contributed by atoms with Gasteiger partial charge in [0.1, 0.15) is 29.7 Å². The summed E-state index contributed by atoms with van der Waals surface area (Å²) in [6.07, 6.45) is 10.2. The average Bonchev–Trinajstić information content (AvgIpc) is 3.63. The number of likely N-dealkylation sites (tertiary alicyclic amines) is 1. The Kier molecular flexibility index (Phi) is 11.6. The van der Waals surface area contributed by atoms with Crippen LogP contribution in [0.2, 0.25) is 0 Å². The smallest absolute Gasteiger partial charge is 0.257 e. The summed E-state index contributed by atoms with van der Waals surface area (Å²) in [5.41, 5.74) is 2.47. The number of amides is 1. The van der Waals surface area contributed by atoms with Crippen LogP contribution >= 0.6 is 0 Å². The molecule has 0 radical (unpaired) electrons. The molecule has 12 heteroatoms. The Morgan fingerprint density at radius 1 is 1.00 bits per heavy atom. The molecule has 1 aromatic carbocycles. The molecule has 3 aliphatic heterocycles. The molecule has 5 heterocycles. The van der Waals surface area contributed by atoms with Gasteiger partial charge in [0.25, 0.3) is 5.91 Å². The van der Waals surface area contributed by atoms with Gasteiger partial charge in [-0.25, -0.2) is 14.4 Å². The Morgan fingerprint density at radius 2 is 1.78 bits per heavy atom. The Labute approximate surface area is 289 Å². The van der Waals surface area contributed by atoms with Crippen molar-refractivity contribution in [1.82, 2.24) is 29.7 Å². The van der Waals surface area contributed by atoms with E-state index in [1.165, 1.54) is 56.0 Å². The maximum absolute atomic E-state index is 14.3. The van der Waals surface area contributed by atoms with E-state index in [0.29, 0.717) is 31.2 Å². The topological polar surface area (TPSA) is 96.4 Å². The molecular formula is C37H50FN7O4. The lowest BCUT2D eigenvalue weighted by Crippen LogP contribution is -2.43. The summed E-state index contributed by atoms with van der Waals surface area (Å²) in [6.45, 7) is 13.7. The summed E-state index contributed by atoms with van der Waals surface area (Å²) in [7, 11) is 1.83. The number of piperidine rings is 1. The standard InChI is InChI=1S/C37H50FN7O4/c1-5-45(26(2)3)37(46)30-20-27(38)8-9-33(30)49-35-21-39-25-41-36(35)44-18-11-28(12-19-44)48-34-10-14-40-32-13-17-43(24-31(32)34)23-29(47-4)22-42-15-6-7-16-42/h8-10,14,20-21,25-26,28-29H,5-7,11-13,15-19,22-24H2,1-4H3. The fraction of sp³-hybridized carbons (Fsp3) is 0.568. The van der Waals surface area contributed by atoms with Gasteiger partial charge in [-0.05, 0) is 71.0 Å². The normalized spacial score (nSPS) is 18.0. The minimum atomic E-state index is -0.498. The third kappa shape index (κ3) is 8.48. The number of benzene rings is 1. The van der Waals surface area contributed by atoms with E-state index in [2.05, 4.69) is 24.7 Å². The van der Waals surface area contributed by atoms with Crippen LogP contribution in [-0.4, -0.2) is 113 Å². The van der Waals surface area contributed by atoms with Crippen molar-refractivity contribution >= 4 is 11.7 Å². The molecule has 49 heavy (non-hydrogen) atoms. The molecule has 0 aliphatic carbocycles. The number of fused-ring (bicyclic) bond motifs is 1. The molecule has 2 aromatic heterocycles. The van der Waals surface area contributed by atoms with Crippen LogP contribution in [0.4, 0.5) is 10.2 Å². The zero-order chi connectivity index (χ0) is 34.3. The molecule has 11 nitrogen and oxygen atoms in total. The molecule has 2 fully saturated rings. The molecule has 6 rings (SSSR count). The van der Waals surface area contributed by atoms with Crippen LogP contribution in [-0.2, 0) is 17.7 Å². The van der Waals surface area contributed by atoms with Crippen LogP contribution < -0.4 is 14.4 Å². The van der Waals surface area contributed by atoms with Crippen LogP contribution in [0.25, 0.3) is 0 Å². The lowest BCUT2D eigenvalue weighted by atomic mass is 10.0. The van der Waals surface area contributed by atoms with Gasteiger partial charge in [0.05, 0.1) is 17.9 Å². The highest BCUT2D eigenvalue weighted by molar-refractivity contribution is 5.97. The van der Waals surface area contributed by atoms with E-state index in [9.17, 15) is 9.18 Å². The average molecular weight is 676 g/mol. The first kappa shape index (κ1) is 35.0. The number of carbonyl (C=O) groups is 1. The molecule has 264 valence electrons. The second kappa shape index (κ2) is 16.2. The van der Waals surface area contributed by atoms with Crippen molar-refractivity contribution in [1.29, 1.82) is 0 Å². The Morgan fingerprint density at radius 3 is 2.51 bits per heavy atom. The number of ether oxygens (including phenoxy) is 3. The second-order valence-corrected chi connectivity index (χ2v) is 13.5. The van der Waals surface area contributed by atoms with Gasteiger partial charge >= 0.3 is 0 Å². The van der Waals surface area contributed by atoms with E-state index in [1.807, 2.05) is 40.1 Å². The predicted molar refractivity (Wildman–Crippen MR) is 186 cm³/mol. The molecule has 1 unspecified atom stereocenters. The molecule has 1 amide bonds. The van der Waals surface area contributed by atoms with Gasteiger partial charge in [-0.15, -0.1) is 0 Å². The fourth-order valence-electron chi connectivity index (χ4n) is 7.24. The highest BCUT2D eigenvalue weighted by atomic mass is 19.1. The van der Waals surface area contributed by atoms with E-state index in [4.69, 9.17) is 19.2 Å². The van der Waals surface area contributed by atoms with Gasteiger partial charge in [-0.2, -0.15) is 0 Å². The Balaban J connectivity index is 1.09. The number of nitrogens with zero attached hydrogens (tertiary/aromatic N) is 7. The third-order valence-corrected chi connectivity index (χ3v) is 9.92. The molecule has 3 aromatic rings. The molecule has 3 aliphatic rings. The van der Waals surface area contributed by atoms with E-state index < -0.39 is 5.82 Å². The first-order chi connectivity index (χ1) is 23.8. The molecule has 2 saturated heterocycles. The van der Waals surface area contributed by atoms with Crippen LogP contribution in [0.1, 0.15) is 68.1 Å². The SMILES string of the molecule is CCN(C(=O)c1cc(F)ccc1Oc1cncnc1N1CCC(Oc2ccnc3c2CN(CC(CN2CCCC2)OC)CC3)CC1)C(C)C. The lowest BCUT2D eigenvalue weighted by Gasteiger charge is -2.35. The zero-order valence-corrected chi connectivity index (χ0v) is 29.3. The van der Waals surface area contributed by atoms with Crippen LogP contribution in [0.5, 0.6) is 17.2 Å². The lowest BCUT2D eigenvalue weighted by molar-refractivity contribution is 0.0360. The summed E-state index contributed by atoms with van der Waals surface area (Å²) in [6, 6.07) is 5.98. The number of anilines is 1. The summed E-state index contributed by atoms with van der Waals surface area (Å²) in [5, 5.41) is 0. The van der Waals surface area contributed by atoms with Gasteiger partial charge in [-0.1, -0.05) is 0 Å². The summed E-state index contributed by atoms with van der Waals surface area (Å²) < 4.78 is 33.2. The predicted octanol–water partition coefficient (Wildman–Crippen LogP) is 5.19. The Bertz CT molecular complexity index is 1560. The molecule has 0 saturated carbocycles. The first-order valence-corrected chi connectivity index (χ1v) is 17.8. The van der Waals surface area contributed by atoms with Crippen LogP contribution in [0.3, 0.4) is 0 Å². The number of halogens is 1. The van der Waals surface area contributed by atoms with Crippen molar-refractivity contribution in [2.24, 2.45) is 0 Å². The van der Waals surface area contributed by atoms with Crippen molar-refractivity contribution in [2.75, 3.05) is 64.4 Å². The van der Waals surface area contributed by atoms with Crippen molar-refractivity contribution in [3.63, 3.8) is 0 Å². The van der Waals surface area contributed by atoms with E-state index in [0.717, 1.165) is 56.9 Å². The van der Waals surface area contributed by atoms with Crippen LogP contribution in [0, 0.1) is 5.82 Å². The number of hydrogen-bond donors (Lipinski definition) is 0. The fourth-order valence-corrected chi connectivity index (χ4v) is 7.24. The number of carbonyl (C=O) groups excluding carboxylic acids is 1. The van der Waals surface area contributed by atoms with Crippen molar-refractivity contribution < 1.29 is 23.4 Å². The summed E-state index contributed by atoms with van der Waals surface area (Å²) in [4.78, 5) is 35.7. The van der Waals surface area contributed by atoms with E-state index in [1.54, 1.807) is 11.1 Å². The van der Waals surface area contributed by atoms with E-state index >= 15 is 0 Å². The minimum Gasteiger partial charge on any atom is -0.490 e. The van der Waals surface area contributed by atoms with Crippen molar-refractivity contribution in [2.45, 2.75) is 77.7 Å². The largest absolute Gasteiger partial charge is 0.490 e. The van der Waals surface area contributed by atoms with Gasteiger partial charge in [-0.3, -0.25) is 14.7 Å². The molecule has 1 atom stereocenters. The maximum atomic E-state index is 14.3. The molecule has 0 spiro atoms. The summed E-state index contributed by atoms with van der Waals surface area (Å²) >= 11 is 0. The molecular weight excluding hydrogens is 625 g/mol. The number of rotatable bonds is 13. The number of aromatic nitrogens is 3. The Hall–Kier alpha value is -3.87. The summed E-state index contributed by atoms with van der Waals surface area (Å²) in [5.74, 6) is 1.45. The highest BCUT2D eigenvalue weighted by Crippen LogP contribution is 2.35. The third-order valence-electron chi connectivity index (χ3n) is 9.92. The molecule has 0 N–H and O–H groups in total. The highest BCUT2D eigenvalue weighted by Gasteiger charge is 2.29.